The van der Waals surface area contributed by atoms with E-state index in [1.165, 1.54) is 6.33 Å². The number of halogens is 1. The molecule has 1 heterocycles. The fourth-order valence-corrected chi connectivity index (χ4v) is 1.93. The highest BCUT2D eigenvalue weighted by molar-refractivity contribution is 6.33. The molecule has 0 atom stereocenters. The third-order valence-electron chi connectivity index (χ3n) is 2.57. The highest BCUT2D eigenvalue weighted by Gasteiger charge is 2.12. The fourth-order valence-electron chi connectivity index (χ4n) is 1.65. The number of hydrogen-bond acceptors (Lipinski definition) is 5. The molecule has 2 rings (SSSR count). The van der Waals surface area contributed by atoms with Crippen molar-refractivity contribution >= 4 is 28.8 Å². The molecule has 0 radical (unpaired) electrons. The Hall–Kier alpha value is -2.01. The summed E-state index contributed by atoms with van der Waals surface area (Å²) in [7, 11) is 0. The lowest BCUT2D eigenvalue weighted by Crippen LogP contribution is -2.10. The molecule has 0 aliphatic carbocycles. The summed E-state index contributed by atoms with van der Waals surface area (Å²) in [6.07, 6.45) is 1.39. The normalized spacial score (nSPS) is 10.7. The first-order valence-corrected chi connectivity index (χ1v) is 6.65. The summed E-state index contributed by atoms with van der Waals surface area (Å²) < 4.78 is 5.52. The van der Waals surface area contributed by atoms with Crippen molar-refractivity contribution in [2.45, 2.75) is 26.9 Å². The van der Waals surface area contributed by atoms with Crippen LogP contribution in [0.2, 0.25) is 5.02 Å². The van der Waals surface area contributed by atoms with E-state index in [4.69, 9.17) is 22.1 Å². The Morgan fingerprint density at radius 2 is 2.05 bits per heavy atom. The third-order valence-corrected chi connectivity index (χ3v) is 2.89. The number of nitrogens with two attached hydrogens (primary N) is 1. The van der Waals surface area contributed by atoms with E-state index in [1.807, 2.05) is 39.0 Å². The second-order valence-corrected chi connectivity index (χ2v) is 5.12. The molecule has 0 fully saturated rings. The zero-order valence-corrected chi connectivity index (χ0v) is 12.4. The van der Waals surface area contributed by atoms with Crippen molar-refractivity contribution in [2.24, 2.45) is 0 Å². The van der Waals surface area contributed by atoms with Crippen LogP contribution in [0.4, 0.5) is 17.2 Å². The van der Waals surface area contributed by atoms with Crippen LogP contribution in [0, 0.1) is 6.92 Å². The molecule has 1 aromatic carbocycles. The molecule has 0 amide bonds. The lowest BCUT2D eigenvalue weighted by atomic mass is 10.2. The molecule has 0 saturated carbocycles. The number of aromatic nitrogens is 2. The molecule has 0 saturated heterocycles. The number of anilines is 3. The number of nitrogens with one attached hydrogen (secondary N) is 1. The number of rotatable bonds is 4. The van der Waals surface area contributed by atoms with E-state index in [-0.39, 0.29) is 6.10 Å². The zero-order valence-electron chi connectivity index (χ0n) is 11.6. The van der Waals surface area contributed by atoms with Gasteiger partial charge >= 0.3 is 0 Å². The molecule has 0 aliphatic rings. The van der Waals surface area contributed by atoms with Crippen molar-refractivity contribution in [2.75, 3.05) is 11.1 Å². The predicted octanol–water partition coefficient (Wildman–Crippen LogP) is 3.55. The van der Waals surface area contributed by atoms with Crippen LogP contribution >= 0.6 is 11.6 Å². The van der Waals surface area contributed by atoms with Crippen LogP contribution in [-0.4, -0.2) is 16.1 Å². The van der Waals surface area contributed by atoms with Gasteiger partial charge in [0.25, 0.3) is 0 Å². The van der Waals surface area contributed by atoms with Crippen molar-refractivity contribution in [1.82, 2.24) is 9.97 Å². The first-order chi connectivity index (χ1) is 9.47. The van der Waals surface area contributed by atoms with Gasteiger partial charge in [0.1, 0.15) is 12.0 Å². The standard InChI is InChI=1S/C14H17ClN4O/c1-8(2)20-14-12(16)13(17-7-18-14)19-11-5-4-9(3)6-10(11)15/h4-8H,16H2,1-3H3,(H,17,18,19). The van der Waals surface area contributed by atoms with Crippen LogP contribution in [0.1, 0.15) is 19.4 Å². The van der Waals surface area contributed by atoms with Gasteiger partial charge in [0.2, 0.25) is 5.88 Å². The molecule has 0 aliphatic heterocycles. The molecule has 1 aromatic heterocycles. The smallest absolute Gasteiger partial charge is 0.242 e. The minimum Gasteiger partial charge on any atom is -0.473 e. The Kier molecular flexibility index (Phi) is 4.29. The SMILES string of the molecule is Cc1ccc(Nc2ncnc(OC(C)C)c2N)c(Cl)c1. The number of aryl methyl sites for hydroxylation is 1. The van der Waals surface area contributed by atoms with Gasteiger partial charge in [0.15, 0.2) is 5.82 Å². The predicted molar refractivity (Wildman–Crippen MR) is 81.7 cm³/mol. The van der Waals surface area contributed by atoms with Crippen molar-refractivity contribution in [3.8, 4) is 5.88 Å². The summed E-state index contributed by atoms with van der Waals surface area (Å²) in [5.74, 6) is 0.835. The maximum atomic E-state index is 6.18. The summed E-state index contributed by atoms with van der Waals surface area (Å²) in [6.45, 7) is 5.79. The molecule has 0 unspecified atom stereocenters. The zero-order chi connectivity index (χ0) is 14.7. The van der Waals surface area contributed by atoms with Crippen molar-refractivity contribution < 1.29 is 4.74 Å². The molecular weight excluding hydrogens is 276 g/mol. The third kappa shape index (κ3) is 3.30. The molecule has 0 bridgehead atoms. The molecule has 3 N–H and O–H groups in total. The van der Waals surface area contributed by atoms with E-state index < -0.39 is 0 Å². The fraction of sp³-hybridized carbons (Fsp3) is 0.286. The van der Waals surface area contributed by atoms with Crippen LogP contribution in [0.3, 0.4) is 0 Å². The van der Waals surface area contributed by atoms with E-state index in [1.54, 1.807) is 0 Å². The van der Waals surface area contributed by atoms with Crippen LogP contribution < -0.4 is 15.8 Å². The first kappa shape index (κ1) is 14.4. The largest absolute Gasteiger partial charge is 0.473 e. The molecule has 2 aromatic rings. The van der Waals surface area contributed by atoms with Gasteiger partial charge in [-0.25, -0.2) is 4.98 Å². The maximum absolute atomic E-state index is 6.18. The highest BCUT2D eigenvalue weighted by atomic mass is 35.5. The van der Waals surface area contributed by atoms with Gasteiger partial charge in [0.05, 0.1) is 16.8 Å². The van der Waals surface area contributed by atoms with Crippen LogP contribution in [0.5, 0.6) is 5.88 Å². The average Bonchev–Trinajstić information content (AvgIpc) is 2.36. The Morgan fingerprint density at radius 1 is 1.30 bits per heavy atom. The van der Waals surface area contributed by atoms with E-state index in [0.29, 0.717) is 22.4 Å². The summed E-state index contributed by atoms with van der Waals surface area (Å²) in [5.41, 5.74) is 8.18. The van der Waals surface area contributed by atoms with Gasteiger partial charge < -0.3 is 15.8 Å². The van der Waals surface area contributed by atoms with Gasteiger partial charge in [-0.05, 0) is 38.5 Å². The minimum absolute atomic E-state index is 0.0111. The van der Waals surface area contributed by atoms with E-state index in [0.717, 1.165) is 11.3 Å². The lowest BCUT2D eigenvalue weighted by molar-refractivity contribution is 0.234. The minimum atomic E-state index is -0.0111. The summed E-state index contributed by atoms with van der Waals surface area (Å²) in [4.78, 5) is 8.15. The average molecular weight is 293 g/mol. The quantitative estimate of drug-likeness (QED) is 0.901. The van der Waals surface area contributed by atoms with Gasteiger partial charge in [0, 0.05) is 0 Å². The maximum Gasteiger partial charge on any atom is 0.242 e. The van der Waals surface area contributed by atoms with Gasteiger partial charge in [-0.3, -0.25) is 0 Å². The van der Waals surface area contributed by atoms with E-state index in [9.17, 15) is 0 Å². The molecule has 106 valence electrons. The second kappa shape index (κ2) is 5.96. The topological polar surface area (TPSA) is 73.1 Å². The highest BCUT2D eigenvalue weighted by Crippen LogP contribution is 2.31. The Balaban J connectivity index is 2.29. The van der Waals surface area contributed by atoms with Crippen LogP contribution in [0.25, 0.3) is 0 Å². The molecule has 0 spiro atoms. The first-order valence-electron chi connectivity index (χ1n) is 6.27. The number of benzene rings is 1. The van der Waals surface area contributed by atoms with E-state index >= 15 is 0 Å². The van der Waals surface area contributed by atoms with Gasteiger partial charge in [-0.1, -0.05) is 17.7 Å². The van der Waals surface area contributed by atoms with Crippen LogP contribution in [0.15, 0.2) is 24.5 Å². The molecule has 5 nitrogen and oxygen atoms in total. The van der Waals surface area contributed by atoms with Crippen LogP contribution in [-0.2, 0) is 0 Å². The number of hydrogen-bond donors (Lipinski definition) is 2. The van der Waals surface area contributed by atoms with E-state index in [2.05, 4.69) is 15.3 Å². The number of nitrogen functional groups attached to an aromatic ring is 1. The van der Waals surface area contributed by atoms with Gasteiger partial charge in [-0.15, -0.1) is 0 Å². The van der Waals surface area contributed by atoms with Crippen molar-refractivity contribution in [1.29, 1.82) is 0 Å². The molecule has 6 heteroatoms. The second-order valence-electron chi connectivity index (χ2n) is 4.72. The van der Waals surface area contributed by atoms with Gasteiger partial charge in [-0.2, -0.15) is 4.98 Å². The summed E-state index contributed by atoms with van der Waals surface area (Å²) in [6, 6.07) is 5.70. The van der Waals surface area contributed by atoms with Crippen molar-refractivity contribution in [3.05, 3.63) is 35.1 Å². The summed E-state index contributed by atoms with van der Waals surface area (Å²) >= 11 is 6.18. The number of nitrogens with zero attached hydrogens (tertiary/aromatic N) is 2. The Morgan fingerprint density at radius 3 is 2.70 bits per heavy atom. The summed E-state index contributed by atoms with van der Waals surface area (Å²) in [5, 5.41) is 3.70. The van der Waals surface area contributed by atoms with Crippen molar-refractivity contribution in [3.63, 3.8) is 0 Å². The Labute approximate surface area is 123 Å². The Bertz CT molecular complexity index is 616. The molecule has 20 heavy (non-hydrogen) atoms. The number of ether oxygens (including phenoxy) is 1. The monoisotopic (exact) mass is 292 g/mol. The molecular formula is C14H17ClN4O. The lowest BCUT2D eigenvalue weighted by Gasteiger charge is -2.14.